The van der Waals surface area contributed by atoms with Crippen LogP contribution in [-0.2, 0) is 0 Å². The predicted octanol–water partition coefficient (Wildman–Crippen LogP) is 3.24. The zero-order valence-electron chi connectivity index (χ0n) is 11.5. The van der Waals surface area contributed by atoms with Crippen molar-refractivity contribution in [3.05, 3.63) is 95.6 Å². The van der Waals surface area contributed by atoms with Crippen LogP contribution in [-0.4, -0.2) is 15.0 Å². The number of benzene rings is 3. The van der Waals surface area contributed by atoms with E-state index >= 15 is 0 Å². The van der Waals surface area contributed by atoms with E-state index in [4.69, 9.17) is 0 Å². The molecule has 0 spiro atoms. The average molecular weight is 333 g/mol. The van der Waals surface area contributed by atoms with E-state index < -0.39 is 0 Å². The molecule has 4 aliphatic rings. The molecule has 3 aromatic rings. The van der Waals surface area contributed by atoms with Crippen molar-refractivity contribution in [2.45, 2.75) is 0 Å². The van der Waals surface area contributed by atoms with Crippen molar-refractivity contribution in [1.82, 2.24) is 0 Å². The van der Waals surface area contributed by atoms with Gasteiger partial charge in [0, 0.05) is 0 Å². The van der Waals surface area contributed by atoms with Gasteiger partial charge < -0.3 is 0 Å². The van der Waals surface area contributed by atoms with E-state index in [9.17, 15) is 0 Å². The van der Waals surface area contributed by atoms with Gasteiger partial charge in [0.25, 0.3) is 0 Å². The molecule has 0 amide bonds. The fraction of sp³-hybridized carbons (Fsp3) is 0. The summed E-state index contributed by atoms with van der Waals surface area (Å²) in [5, 5.41) is 0. The molecule has 0 fully saturated rings. The molecule has 0 saturated heterocycles. The predicted molar refractivity (Wildman–Crippen MR) is 91.3 cm³/mol. The van der Waals surface area contributed by atoms with Gasteiger partial charge in [0.15, 0.2) is 0 Å². The first kappa shape index (κ1) is 12.6. The van der Waals surface area contributed by atoms with Crippen molar-refractivity contribution in [1.29, 1.82) is 0 Å². The molecule has 0 aliphatic carbocycles. The topological polar surface area (TPSA) is 0 Å². The molecule has 0 N–H and O–H groups in total. The molecular weight excluding hydrogens is 319 g/mol. The molecule has 0 nitrogen and oxygen atoms in total. The third kappa shape index (κ3) is 2.58. The molecule has 4 aliphatic heterocycles. The Kier molecular flexibility index (Phi) is 3.23. The van der Waals surface area contributed by atoms with Gasteiger partial charge in [-0.2, -0.15) is 0 Å². The molecule has 4 bridgehead atoms. The van der Waals surface area contributed by atoms with Crippen LogP contribution < -0.4 is 8.92 Å². The van der Waals surface area contributed by atoms with E-state index in [1.54, 1.807) is 0 Å². The van der Waals surface area contributed by atoms with Crippen LogP contribution in [0.4, 0.5) is 0 Å². The van der Waals surface area contributed by atoms with Crippen molar-refractivity contribution >= 4 is 35.5 Å². The van der Waals surface area contributed by atoms with Gasteiger partial charge in [-0.05, 0) is 0 Å². The quantitative estimate of drug-likeness (QED) is 0.469. The van der Waals surface area contributed by atoms with Crippen LogP contribution >= 0.6 is 0 Å². The zero-order valence-corrected chi connectivity index (χ0v) is 13.2. The van der Waals surface area contributed by atoms with Gasteiger partial charge in [0.1, 0.15) is 0 Å². The first-order chi connectivity index (χ1) is 10.4. The summed E-state index contributed by atoms with van der Waals surface area (Å²) in [4.78, 5) is 0. The van der Waals surface area contributed by atoms with Crippen LogP contribution in [0.5, 0.6) is 0 Å². The Morgan fingerprint density at radius 3 is 1.76 bits per heavy atom. The van der Waals surface area contributed by atoms with E-state index in [0.717, 1.165) is 0 Å². The van der Waals surface area contributed by atoms with Crippen LogP contribution in [0.3, 0.4) is 0 Å². The minimum atomic E-state index is 0.397. The van der Waals surface area contributed by atoms with Crippen molar-refractivity contribution in [2.75, 3.05) is 0 Å². The standard InChI is InChI=1S/C20H14Se/c1-2-4-16(5-3-1)20-14-15-6-10-18(11-7-15)21-19-12-8-17(20)9-13-19/h1-14H/b20-14+. The summed E-state index contributed by atoms with van der Waals surface area (Å²) in [5.41, 5.74) is 5.09. The van der Waals surface area contributed by atoms with Crippen LogP contribution in [0.1, 0.15) is 16.7 Å². The second-order valence-electron chi connectivity index (χ2n) is 5.12. The van der Waals surface area contributed by atoms with E-state index in [-0.39, 0.29) is 0 Å². The number of rotatable bonds is 1. The summed E-state index contributed by atoms with van der Waals surface area (Å²) in [6.45, 7) is 0. The maximum atomic E-state index is 2.28. The van der Waals surface area contributed by atoms with E-state index in [1.807, 2.05) is 0 Å². The third-order valence-corrected chi connectivity index (χ3v) is 5.81. The average Bonchev–Trinajstić information content (AvgIpc) is 2.64. The monoisotopic (exact) mass is 334 g/mol. The van der Waals surface area contributed by atoms with Gasteiger partial charge in [-0.15, -0.1) is 0 Å². The summed E-state index contributed by atoms with van der Waals surface area (Å²) in [6.07, 6.45) is 2.28. The summed E-state index contributed by atoms with van der Waals surface area (Å²) < 4.78 is 2.85. The first-order valence-electron chi connectivity index (χ1n) is 7.04. The van der Waals surface area contributed by atoms with Crippen LogP contribution in [0.2, 0.25) is 0 Å². The zero-order chi connectivity index (χ0) is 14.1. The maximum absolute atomic E-state index is 2.28. The Labute approximate surface area is 131 Å². The van der Waals surface area contributed by atoms with Crippen molar-refractivity contribution in [3.8, 4) is 0 Å². The molecule has 0 atom stereocenters. The Hall–Kier alpha value is -2.08. The first-order valence-corrected chi connectivity index (χ1v) is 8.75. The summed E-state index contributed by atoms with van der Waals surface area (Å²) >= 11 is 0.397. The fourth-order valence-electron chi connectivity index (χ4n) is 2.59. The van der Waals surface area contributed by atoms with Gasteiger partial charge in [0.2, 0.25) is 0 Å². The summed E-state index contributed by atoms with van der Waals surface area (Å²) in [6, 6.07) is 28.6. The van der Waals surface area contributed by atoms with E-state index in [2.05, 4.69) is 84.9 Å². The molecule has 0 aromatic heterocycles. The van der Waals surface area contributed by atoms with Gasteiger partial charge in [0.05, 0.1) is 0 Å². The number of hydrogen-bond acceptors (Lipinski definition) is 0. The van der Waals surface area contributed by atoms with Crippen LogP contribution in [0.15, 0.2) is 78.9 Å². The SMILES string of the molecule is C1=C(\c2ccccc2)c2ccc(cc2)[Se]c2ccc/1cc2. The van der Waals surface area contributed by atoms with Crippen LogP contribution in [0.25, 0.3) is 11.6 Å². The molecule has 0 radical (unpaired) electrons. The molecule has 7 rings (SSSR count). The molecule has 0 unspecified atom stereocenters. The van der Waals surface area contributed by atoms with Gasteiger partial charge >= 0.3 is 131 Å². The Morgan fingerprint density at radius 1 is 0.524 bits per heavy atom. The van der Waals surface area contributed by atoms with Gasteiger partial charge in [-0.25, -0.2) is 0 Å². The third-order valence-electron chi connectivity index (χ3n) is 3.68. The molecule has 100 valence electrons. The molecule has 21 heavy (non-hydrogen) atoms. The van der Waals surface area contributed by atoms with Gasteiger partial charge in [-0.1, -0.05) is 0 Å². The summed E-state index contributed by atoms with van der Waals surface area (Å²) in [5.74, 6) is 0. The minimum absolute atomic E-state index is 0.397. The fourth-order valence-corrected chi connectivity index (χ4v) is 4.30. The normalized spacial score (nSPS) is 15.3. The second kappa shape index (κ2) is 5.37. The van der Waals surface area contributed by atoms with Gasteiger partial charge in [-0.3, -0.25) is 0 Å². The van der Waals surface area contributed by atoms with Crippen LogP contribution in [0, 0.1) is 0 Å². The second-order valence-corrected chi connectivity index (χ2v) is 7.53. The molecule has 3 aromatic carbocycles. The Bertz CT molecular complexity index is 782. The van der Waals surface area contributed by atoms with Crippen molar-refractivity contribution in [3.63, 3.8) is 0 Å². The molecular formula is C20H14Se. The molecule has 0 saturated carbocycles. The van der Waals surface area contributed by atoms with Crippen molar-refractivity contribution in [2.24, 2.45) is 0 Å². The summed E-state index contributed by atoms with van der Waals surface area (Å²) in [7, 11) is 0. The molecule has 4 heterocycles. The van der Waals surface area contributed by atoms with Crippen molar-refractivity contribution < 1.29 is 0 Å². The van der Waals surface area contributed by atoms with E-state index in [0.29, 0.717) is 15.0 Å². The Balaban J connectivity index is 1.97. The number of hydrogen-bond donors (Lipinski definition) is 0. The Morgan fingerprint density at radius 2 is 1.10 bits per heavy atom. The molecule has 1 heteroatoms. The van der Waals surface area contributed by atoms with E-state index in [1.165, 1.54) is 31.2 Å².